The van der Waals surface area contributed by atoms with Crippen LogP contribution in [-0.4, -0.2) is 40.3 Å². The molecule has 0 radical (unpaired) electrons. The van der Waals surface area contributed by atoms with Gasteiger partial charge in [-0.1, -0.05) is 24.3 Å². The van der Waals surface area contributed by atoms with E-state index in [9.17, 15) is 9.59 Å². The number of aliphatic hydroxyl groups excluding tert-OH is 1. The van der Waals surface area contributed by atoms with Gasteiger partial charge in [0.05, 0.1) is 0 Å². The van der Waals surface area contributed by atoms with Crippen LogP contribution >= 0.6 is 0 Å². The van der Waals surface area contributed by atoms with E-state index in [1.165, 1.54) is 0 Å². The molecule has 28 heavy (non-hydrogen) atoms. The Balaban J connectivity index is 2.06. The zero-order chi connectivity index (χ0) is 20.4. The van der Waals surface area contributed by atoms with Crippen LogP contribution in [0, 0.1) is 0 Å². The predicted octanol–water partition coefficient (Wildman–Crippen LogP) is 2.07. The first kappa shape index (κ1) is 21.4. The quantitative estimate of drug-likeness (QED) is 0.256. The molecule has 0 aliphatic rings. The summed E-state index contributed by atoms with van der Waals surface area (Å²) in [5.41, 5.74) is 9.98. The van der Waals surface area contributed by atoms with Gasteiger partial charge in [0, 0.05) is 37.5 Å². The minimum Gasteiger partial charge on any atom is -0.396 e. The van der Waals surface area contributed by atoms with Crippen LogP contribution in [0.15, 0.2) is 48.5 Å². The number of carbonyl (C=O) groups is 2. The Morgan fingerprint density at radius 1 is 0.964 bits per heavy atom. The first-order chi connectivity index (χ1) is 13.6. The molecule has 0 saturated carbocycles. The maximum Gasteiger partial charge on any atom is 0.322 e. The minimum absolute atomic E-state index is 0.0704. The van der Waals surface area contributed by atoms with Crippen LogP contribution in [0.1, 0.15) is 34.3 Å². The van der Waals surface area contributed by atoms with E-state index in [1.54, 1.807) is 46.8 Å². The summed E-state index contributed by atoms with van der Waals surface area (Å²) in [6, 6.07) is 13.7. The number of nitrogens with one attached hydrogen (secondary N) is 2. The minimum atomic E-state index is -0.593. The number of anilines is 1. The van der Waals surface area contributed by atoms with Gasteiger partial charge in [-0.25, -0.2) is 10.3 Å². The Labute approximate surface area is 163 Å². The van der Waals surface area contributed by atoms with E-state index >= 15 is 0 Å². The molecule has 3 amide bonds. The van der Waals surface area contributed by atoms with Crippen molar-refractivity contribution in [3.05, 3.63) is 65.2 Å². The predicted molar refractivity (Wildman–Crippen MR) is 106 cm³/mol. The second kappa shape index (κ2) is 11.0. The summed E-state index contributed by atoms with van der Waals surface area (Å²) in [5, 5.41) is 20.6. The molecule has 6 N–H and O–H groups in total. The highest BCUT2D eigenvalue weighted by Gasteiger charge is 2.14. The molecule has 0 aliphatic heterocycles. The van der Waals surface area contributed by atoms with E-state index in [0.29, 0.717) is 43.7 Å². The molecule has 8 heteroatoms. The third-order valence-corrected chi connectivity index (χ3v) is 4.26. The van der Waals surface area contributed by atoms with Crippen molar-refractivity contribution in [3.63, 3.8) is 0 Å². The Morgan fingerprint density at radius 3 is 2.18 bits per heavy atom. The third-order valence-electron chi connectivity index (χ3n) is 4.26. The van der Waals surface area contributed by atoms with Gasteiger partial charge in [-0.3, -0.25) is 10.0 Å². The Hall–Kier alpha value is -2.94. The average molecular weight is 386 g/mol. The summed E-state index contributed by atoms with van der Waals surface area (Å²) >= 11 is 0. The van der Waals surface area contributed by atoms with Gasteiger partial charge in [0.1, 0.15) is 0 Å². The van der Waals surface area contributed by atoms with Gasteiger partial charge in [0.2, 0.25) is 0 Å². The number of unbranched alkanes of at least 4 members (excludes halogenated alkanes) is 1. The number of benzene rings is 2. The van der Waals surface area contributed by atoms with Crippen molar-refractivity contribution >= 4 is 17.6 Å². The first-order valence-electron chi connectivity index (χ1n) is 9.06. The standard InChI is InChI=1S/C20H26N4O4/c21-13-15-5-9-18(10-6-15)22-20(27)24(11-1-2-12-25)14-16-3-7-17(8-4-16)19(26)23-28/h3-10,25,28H,1-2,11-14,21H2,(H,22,27)(H,23,26). The van der Waals surface area contributed by atoms with Crippen LogP contribution in [0.2, 0.25) is 0 Å². The molecule has 2 aromatic rings. The lowest BCUT2D eigenvalue weighted by atomic mass is 10.1. The summed E-state index contributed by atoms with van der Waals surface area (Å²) in [6.45, 7) is 1.33. The fourth-order valence-electron chi connectivity index (χ4n) is 2.64. The number of hydroxylamine groups is 1. The van der Waals surface area contributed by atoms with E-state index in [2.05, 4.69) is 5.32 Å². The summed E-state index contributed by atoms with van der Waals surface area (Å²) < 4.78 is 0. The number of nitrogens with zero attached hydrogens (tertiary/aromatic N) is 1. The molecule has 0 atom stereocenters. The zero-order valence-electron chi connectivity index (χ0n) is 15.6. The van der Waals surface area contributed by atoms with E-state index in [4.69, 9.17) is 16.0 Å². The number of hydrogen-bond acceptors (Lipinski definition) is 5. The Morgan fingerprint density at radius 2 is 1.61 bits per heavy atom. The molecule has 2 aromatic carbocycles. The number of nitrogens with two attached hydrogens (primary N) is 1. The lowest BCUT2D eigenvalue weighted by Gasteiger charge is -2.23. The van der Waals surface area contributed by atoms with Crippen LogP contribution in [0.25, 0.3) is 0 Å². The molecular formula is C20H26N4O4. The molecule has 0 fully saturated rings. The molecule has 150 valence electrons. The van der Waals surface area contributed by atoms with Crippen molar-refractivity contribution in [1.29, 1.82) is 0 Å². The Kier molecular flexibility index (Phi) is 8.41. The van der Waals surface area contributed by atoms with Crippen molar-refractivity contribution in [2.45, 2.75) is 25.9 Å². The van der Waals surface area contributed by atoms with Gasteiger partial charge < -0.3 is 21.1 Å². The fraction of sp³-hybridized carbons (Fsp3) is 0.300. The average Bonchev–Trinajstić information content (AvgIpc) is 2.73. The van der Waals surface area contributed by atoms with E-state index in [0.717, 1.165) is 11.1 Å². The number of hydrogen-bond donors (Lipinski definition) is 5. The molecule has 0 aliphatic carbocycles. The monoisotopic (exact) mass is 386 g/mol. The van der Waals surface area contributed by atoms with Crippen LogP contribution < -0.4 is 16.5 Å². The number of aliphatic hydroxyl groups is 1. The SMILES string of the molecule is NCc1ccc(NC(=O)N(CCCCO)Cc2ccc(C(=O)NO)cc2)cc1. The van der Waals surface area contributed by atoms with Crippen LogP contribution in [0.4, 0.5) is 10.5 Å². The molecule has 0 aromatic heterocycles. The van der Waals surface area contributed by atoms with E-state index in [-0.39, 0.29) is 12.6 Å². The van der Waals surface area contributed by atoms with Crippen molar-refractivity contribution in [2.24, 2.45) is 5.73 Å². The van der Waals surface area contributed by atoms with Gasteiger partial charge >= 0.3 is 6.03 Å². The van der Waals surface area contributed by atoms with Crippen LogP contribution in [0.3, 0.4) is 0 Å². The van der Waals surface area contributed by atoms with Gasteiger partial charge in [0.15, 0.2) is 0 Å². The molecule has 2 rings (SSSR count). The lowest BCUT2D eigenvalue weighted by Crippen LogP contribution is -2.35. The summed E-state index contributed by atoms with van der Waals surface area (Å²) in [5.74, 6) is -0.593. The number of urea groups is 1. The van der Waals surface area contributed by atoms with E-state index in [1.807, 2.05) is 12.1 Å². The maximum absolute atomic E-state index is 12.7. The van der Waals surface area contributed by atoms with Crippen molar-refractivity contribution in [2.75, 3.05) is 18.5 Å². The number of amides is 3. The smallest absolute Gasteiger partial charge is 0.322 e. The first-order valence-corrected chi connectivity index (χ1v) is 9.06. The van der Waals surface area contributed by atoms with E-state index < -0.39 is 5.91 Å². The Bertz CT molecular complexity index is 763. The molecular weight excluding hydrogens is 360 g/mol. The number of carbonyl (C=O) groups excluding carboxylic acids is 2. The molecule has 0 bridgehead atoms. The van der Waals surface area contributed by atoms with Crippen molar-refractivity contribution < 1.29 is 19.9 Å². The second-order valence-corrected chi connectivity index (χ2v) is 6.32. The van der Waals surface area contributed by atoms with Crippen molar-refractivity contribution in [3.8, 4) is 0 Å². The molecule has 0 saturated heterocycles. The zero-order valence-corrected chi connectivity index (χ0v) is 15.6. The van der Waals surface area contributed by atoms with Gasteiger partial charge in [-0.2, -0.15) is 0 Å². The second-order valence-electron chi connectivity index (χ2n) is 6.32. The normalized spacial score (nSPS) is 10.4. The molecule has 8 nitrogen and oxygen atoms in total. The molecule has 0 spiro atoms. The summed E-state index contributed by atoms with van der Waals surface area (Å²) in [6.07, 6.45) is 1.27. The van der Waals surface area contributed by atoms with Gasteiger partial charge in [-0.05, 0) is 48.2 Å². The van der Waals surface area contributed by atoms with Crippen LogP contribution in [-0.2, 0) is 13.1 Å². The van der Waals surface area contributed by atoms with Gasteiger partial charge in [0.25, 0.3) is 5.91 Å². The van der Waals surface area contributed by atoms with Crippen molar-refractivity contribution in [1.82, 2.24) is 10.4 Å². The largest absolute Gasteiger partial charge is 0.396 e. The topological polar surface area (TPSA) is 128 Å². The fourth-order valence-corrected chi connectivity index (χ4v) is 2.64. The molecule has 0 unspecified atom stereocenters. The maximum atomic E-state index is 12.7. The summed E-state index contributed by atoms with van der Waals surface area (Å²) in [4.78, 5) is 25.8. The molecule has 0 heterocycles. The lowest BCUT2D eigenvalue weighted by molar-refractivity contribution is 0.0706. The highest BCUT2D eigenvalue weighted by molar-refractivity contribution is 5.93. The highest BCUT2D eigenvalue weighted by Crippen LogP contribution is 2.13. The highest BCUT2D eigenvalue weighted by atomic mass is 16.5. The summed E-state index contributed by atoms with van der Waals surface area (Å²) in [7, 11) is 0. The van der Waals surface area contributed by atoms with Crippen LogP contribution in [0.5, 0.6) is 0 Å². The number of rotatable bonds is 9. The van der Waals surface area contributed by atoms with Gasteiger partial charge in [-0.15, -0.1) is 0 Å². The third kappa shape index (κ3) is 6.34.